The average molecular weight is 313 g/mol. The van der Waals surface area contributed by atoms with Crippen molar-refractivity contribution in [3.05, 3.63) is 6.42 Å². The van der Waals surface area contributed by atoms with Gasteiger partial charge in [0.05, 0.1) is 0 Å². The maximum Gasteiger partial charge on any atom is 0.364 e. The first-order valence-corrected chi connectivity index (χ1v) is 8.57. The maximum absolute atomic E-state index is 11.7. The van der Waals surface area contributed by atoms with Crippen LogP contribution in [0.4, 0.5) is 0 Å². The van der Waals surface area contributed by atoms with Crippen molar-refractivity contribution in [3.63, 3.8) is 0 Å². The molecule has 0 amide bonds. The Morgan fingerprint density at radius 3 is 2.11 bits per heavy atom. The van der Waals surface area contributed by atoms with Gasteiger partial charge in [-0.15, -0.1) is 0 Å². The molecule has 0 saturated carbocycles. The monoisotopic (exact) mass is 313 g/mol. The van der Waals surface area contributed by atoms with Gasteiger partial charge in [0, 0.05) is 27.1 Å². The lowest BCUT2D eigenvalue weighted by Gasteiger charge is -2.47. The van der Waals surface area contributed by atoms with E-state index in [2.05, 4.69) is 6.42 Å². The summed E-state index contributed by atoms with van der Waals surface area (Å²) in [4.78, 5) is 39.7. The van der Waals surface area contributed by atoms with Crippen LogP contribution in [-0.4, -0.2) is 61.0 Å². The number of rotatable bonds is 2. The fraction of sp³-hybridized carbons (Fsp3) is 0.750. The molecule has 2 radical (unpaired) electrons. The summed E-state index contributed by atoms with van der Waals surface area (Å²) in [5, 5.41) is 4.90. The third-order valence-electron chi connectivity index (χ3n) is 2.79. The molecule has 19 heavy (non-hydrogen) atoms. The predicted octanol–water partition coefficient (Wildman–Crippen LogP) is -0.331. The van der Waals surface area contributed by atoms with Gasteiger partial charge in [0.15, 0.2) is 5.96 Å². The molecule has 1 heterocycles. The van der Waals surface area contributed by atoms with E-state index >= 15 is 0 Å². The molecule has 0 aromatic carbocycles. The molecule has 1 saturated heterocycles. The van der Waals surface area contributed by atoms with Gasteiger partial charge in [-0.1, -0.05) is 0 Å². The van der Waals surface area contributed by atoms with E-state index in [0.717, 1.165) is 4.90 Å². The second kappa shape index (κ2) is 5.16. The summed E-state index contributed by atoms with van der Waals surface area (Å²) in [5.41, 5.74) is 0. The standard InChI is InChI=1S/C8H17N3O6P2/c1-10(2)7(9)11-6-4-3-5-8(11,18(12,13)14)19(15,16)17/h9H,3-4,6H2,1-2H3,(H2,12,13,14)(H2,15,16,17). The SMILES string of the molecule is CN(C)C(=N)N1CCC[C]C1(P(=O)(O)O)P(=O)(O)O. The van der Waals surface area contributed by atoms with Crippen molar-refractivity contribution in [1.29, 1.82) is 5.41 Å². The number of guanidine groups is 1. The van der Waals surface area contributed by atoms with Crippen molar-refractivity contribution in [2.45, 2.75) is 17.9 Å². The predicted molar refractivity (Wildman–Crippen MR) is 67.4 cm³/mol. The van der Waals surface area contributed by atoms with Gasteiger partial charge in [-0.05, 0) is 12.8 Å². The van der Waals surface area contributed by atoms with Crippen LogP contribution in [-0.2, 0) is 9.13 Å². The van der Waals surface area contributed by atoms with E-state index in [9.17, 15) is 28.7 Å². The maximum atomic E-state index is 11.7. The van der Waals surface area contributed by atoms with Crippen LogP contribution in [0.25, 0.3) is 0 Å². The molecular formula is C8H17N3O6P2. The van der Waals surface area contributed by atoms with E-state index in [4.69, 9.17) is 5.41 Å². The first-order chi connectivity index (χ1) is 8.45. The second-order valence-electron chi connectivity index (χ2n) is 4.37. The van der Waals surface area contributed by atoms with Gasteiger partial charge in [-0.3, -0.25) is 14.5 Å². The Bertz CT molecular complexity index is 433. The van der Waals surface area contributed by atoms with Crippen LogP contribution in [0.15, 0.2) is 0 Å². The van der Waals surface area contributed by atoms with Crippen LogP contribution in [0.3, 0.4) is 0 Å². The van der Waals surface area contributed by atoms with Gasteiger partial charge in [0.2, 0.25) is 0 Å². The molecule has 0 bridgehead atoms. The summed E-state index contributed by atoms with van der Waals surface area (Å²) < 4.78 is 23.4. The molecule has 5 N–H and O–H groups in total. The quantitative estimate of drug-likeness (QED) is 0.265. The number of hydrogen-bond donors (Lipinski definition) is 5. The highest BCUT2D eigenvalue weighted by Gasteiger charge is 2.66. The zero-order valence-corrected chi connectivity index (χ0v) is 12.3. The molecule has 9 nitrogen and oxygen atoms in total. The molecule has 0 spiro atoms. The molecule has 1 rings (SSSR count). The number of likely N-dealkylation sites (tertiary alicyclic amines) is 1. The summed E-state index contributed by atoms with van der Waals surface area (Å²) in [6.45, 7) is -0.0414. The minimum atomic E-state index is -5.26. The lowest BCUT2D eigenvalue weighted by Crippen LogP contribution is -2.57. The Balaban J connectivity index is 3.45. The lowest BCUT2D eigenvalue weighted by atomic mass is 10.1. The largest absolute Gasteiger partial charge is 0.364 e. The molecule has 110 valence electrons. The summed E-state index contributed by atoms with van der Waals surface area (Å²) in [7, 11) is -7.63. The summed E-state index contributed by atoms with van der Waals surface area (Å²) in [6, 6.07) is 0. The average Bonchev–Trinajstić information content (AvgIpc) is 2.24. The van der Waals surface area contributed by atoms with Crippen molar-refractivity contribution >= 4 is 21.2 Å². The van der Waals surface area contributed by atoms with Crippen molar-refractivity contribution in [3.8, 4) is 0 Å². The molecule has 11 heteroatoms. The normalized spacial score (nSPS) is 20.2. The summed E-state index contributed by atoms with van der Waals surface area (Å²) >= 11 is 0. The highest BCUT2D eigenvalue weighted by atomic mass is 31.2. The van der Waals surface area contributed by atoms with Gasteiger partial charge in [0.25, 0.3) is 5.02 Å². The van der Waals surface area contributed by atoms with Gasteiger partial charge < -0.3 is 29.4 Å². The minimum absolute atomic E-state index is 0.0351. The zero-order chi connectivity index (χ0) is 15.1. The fourth-order valence-electron chi connectivity index (χ4n) is 1.93. The number of hydrogen-bond acceptors (Lipinski definition) is 3. The van der Waals surface area contributed by atoms with Crippen molar-refractivity contribution < 1.29 is 28.7 Å². The molecular weight excluding hydrogens is 296 g/mol. The Kier molecular flexibility index (Phi) is 4.52. The molecule has 0 atom stereocenters. The number of nitrogens with one attached hydrogen (secondary N) is 1. The number of nitrogens with zero attached hydrogens (tertiary/aromatic N) is 2. The van der Waals surface area contributed by atoms with E-state index in [1.807, 2.05) is 0 Å². The second-order valence-corrected chi connectivity index (χ2v) is 8.20. The van der Waals surface area contributed by atoms with Crippen molar-refractivity contribution in [2.24, 2.45) is 0 Å². The van der Waals surface area contributed by atoms with Gasteiger partial charge >= 0.3 is 15.2 Å². The Labute approximate surface area is 111 Å². The third-order valence-corrected chi connectivity index (χ3v) is 6.78. The highest BCUT2D eigenvalue weighted by Crippen LogP contribution is 2.72. The van der Waals surface area contributed by atoms with Crippen LogP contribution in [0.2, 0.25) is 0 Å². The fourth-order valence-corrected chi connectivity index (χ4v) is 4.94. The molecule has 0 aliphatic carbocycles. The van der Waals surface area contributed by atoms with E-state index < -0.39 is 20.2 Å². The summed E-state index contributed by atoms with van der Waals surface area (Å²) in [5.74, 6) is -0.390. The molecule has 1 aliphatic rings. The van der Waals surface area contributed by atoms with E-state index in [1.54, 1.807) is 0 Å². The van der Waals surface area contributed by atoms with E-state index in [0.29, 0.717) is 6.42 Å². The van der Waals surface area contributed by atoms with Crippen molar-refractivity contribution in [2.75, 3.05) is 20.6 Å². The molecule has 0 unspecified atom stereocenters. The Morgan fingerprint density at radius 1 is 1.26 bits per heavy atom. The van der Waals surface area contributed by atoms with Crippen LogP contribution in [0, 0.1) is 11.8 Å². The van der Waals surface area contributed by atoms with Crippen LogP contribution in [0.1, 0.15) is 12.8 Å². The Morgan fingerprint density at radius 2 is 1.74 bits per heavy atom. The molecule has 0 aromatic heterocycles. The molecule has 0 aromatic rings. The smallest absolute Gasteiger partial charge is 0.349 e. The van der Waals surface area contributed by atoms with Gasteiger partial charge in [-0.2, -0.15) is 0 Å². The van der Waals surface area contributed by atoms with Crippen LogP contribution >= 0.6 is 15.2 Å². The van der Waals surface area contributed by atoms with Gasteiger partial charge in [-0.25, -0.2) is 0 Å². The van der Waals surface area contributed by atoms with E-state index in [1.165, 1.54) is 19.0 Å². The highest BCUT2D eigenvalue weighted by molar-refractivity contribution is 7.72. The first kappa shape index (κ1) is 16.6. The molecule has 1 fully saturated rings. The number of piperidine rings is 1. The topological polar surface area (TPSA) is 145 Å². The zero-order valence-electron chi connectivity index (χ0n) is 10.5. The summed E-state index contributed by atoms with van der Waals surface area (Å²) in [6.07, 6.45) is 2.67. The first-order valence-electron chi connectivity index (χ1n) is 5.35. The van der Waals surface area contributed by atoms with Crippen LogP contribution in [0.5, 0.6) is 0 Å². The van der Waals surface area contributed by atoms with Crippen LogP contribution < -0.4 is 0 Å². The third kappa shape index (κ3) is 2.72. The van der Waals surface area contributed by atoms with Gasteiger partial charge in [0.1, 0.15) is 0 Å². The minimum Gasteiger partial charge on any atom is -0.349 e. The lowest BCUT2D eigenvalue weighted by molar-refractivity contribution is 0.204. The van der Waals surface area contributed by atoms with Crippen molar-refractivity contribution in [1.82, 2.24) is 9.80 Å². The molecule has 1 aliphatic heterocycles. The van der Waals surface area contributed by atoms with E-state index in [-0.39, 0.29) is 18.9 Å². The Hall–Kier alpha value is -0.430.